The first-order valence-electron chi connectivity index (χ1n) is 11.3. The molecule has 1 unspecified atom stereocenters. The molecule has 0 saturated carbocycles. The Morgan fingerprint density at radius 1 is 0.903 bits per heavy atom. The first-order chi connectivity index (χ1) is 14.3. The number of carbonyl (C=O) groups excluding carboxylic acids is 3. The van der Waals surface area contributed by atoms with Gasteiger partial charge in [0.1, 0.15) is 12.1 Å². The van der Waals surface area contributed by atoms with Crippen molar-refractivity contribution in [3.63, 3.8) is 0 Å². The average molecular weight is 432 g/mol. The number of carbonyl (C=O) groups is 3. The van der Waals surface area contributed by atoms with E-state index in [4.69, 9.17) is 0 Å². The minimum atomic E-state index is -0.691. The van der Waals surface area contributed by atoms with Crippen molar-refractivity contribution in [2.45, 2.75) is 99.2 Å². The van der Waals surface area contributed by atoms with Crippen LogP contribution in [0.5, 0.6) is 0 Å². The van der Waals surface area contributed by atoms with E-state index in [-0.39, 0.29) is 29.2 Å². The molecule has 31 heavy (non-hydrogen) atoms. The predicted octanol–water partition coefficient (Wildman–Crippen LogP) is 4.04. The van der Waals surface area contributed by atoms with Gasteiger partial charge in [-0.3, -0.25) is 14.4 Å². The monoisotopic (exact) mass is 431 g/mol. The van der Waals surface area contributed by atoms with Gasteiger partial charge in [0, 0.05) is 11.6 Å². The molecular weight excluding hydrogens is 390 g/mol. The standard InChI is InChI=1S/C25H41N3O3/c1-9-10-11-20(27-22(29)19-13-12-17(4)18(5)14-19)23(30)28-21(15-25(6,7)8)24(31)26-16(2)3/h12-14,16,20-21H,9-11,15H2,1-8H3,(H,26,31)(H,27,29)(H,28,30)/t20-,21?/m0/s1. The highest BCUT2D eigenvalue weighted by Crippen LogP contribution is 2.21. The highest BCUT2D eigenvalue weighted by molar-refractivity contribution is 5.98. The highest BCUT2D eigenvalue weighted by Gasteiger charge is 2.30. The summed E-state index contributed by atoms with van der Waals surface area (Å²) in [4.78, 5) is 38.6. The average Bonchev–Trinajstić information content (AvgIpc) is 2.64. The topological polar surface area (TPSA) is 87.3 Å². The van der Waals surface area contributed by atoms with E-state index in [0.717, 1.165) is 24.0 Å². The Hall–Kier alpha value is -2.37. The second-order valence-electron chi connectivity index (χ2n) is 9.96. The number of benzene rings is 1. The summed E-state index contributed by atoms with van der Waals surface area (Å²) in [5, 5.41) is 8.67. The van der Waals surface area contributed by atoms with Crippen LogP contribution in [0.3, 0.4) is 0 Å². The van der Waals surface area contributed by atoms with Crippen LogP contribution in [0, 0.1) is 19.3 Å². The van der Waals surface area contributed by atoms with Crippen LogP contribution < -0.4 is 16.0 Å². The summed E-state index contributed by atoms with van der Waals surface area (Å²) in [6.45, 7) is 15.9. The van der Waals surface area contributed by atoms with E-state index in [1.807, 2.05) is 67.5 Å². The first kappa shape index (κ1) is 26.7. The molecule has 3 N–H and O–H groups in total. The first-order valence-corrected chi connectivity index (χ1v) is 11.3. The smallest absolute Gasteiger partial charge is 0.251 e. The molecule has 0 saturated heterocycles. The van der Waals surface area contributed by atoms with Crippen molar-refractivity contribution in [3.8, 4) is 0 Å². The summed E-state index contributed by atoms with van der Waals surface area (Å²) in [6.07, 6.45) is 2.73. The van der Waals surface area contributed by atoms with E-state index >= 15 is 0 Å². The second kappa shape index (κ2) is 11.9. The lowest BCUT2D eigenvalue weighted by atomic mass is 9.87. The molecule has 0 radical (unpaired) electrons. The molecule has 1 aromatic rings. The van der Waals surface area contributed by atoms with Gasteiger partial charge in [-0.15, -0.1) is 0 Å². The molecule has 0 aliphatic rings. The van der Waals surface area contributed by atoms with Crippen LogP contribution in [0.1, 0.15) is 88.7 Å². The maximum absolute atomic E-state index is 13.1. The van der Waals surface area contributed by atoms with Crippen LogP contribution in [0.15, 0.2) is 18.2 Å². The number of rotatable bonds is 10. The molecular formula is C25H41N3O3. The fourth-order valence-electron chi connectivity index (χ4n) is 3.28. The number of hydrogen-bond acceptors (Lipinski definition) is 3. The van der Waals surface area contributed by atoms with Crippen LogP contribution in [0.4, 0.5) is 0 Å². The normalized spacial score (nSPS) is 13.5. The summed E-state index contributed by atoms with van der Waals surface area (Å²) in [7, 11) is 0. The molecule has 0 aromatic heterocycles. The van der Waals surface area contributed by atoms with E-state index < -0.39 is 12.1 Å². The fourth-order valence-corrected chi connectivity index (χ4v) is 3.28. The molecule has 0 heterocycles. The van der Waals surface area contributed by atoms with Gasteiger partial charge >= 0.3 is 0 Å². The molecule has 6 heteroatoms. The second-order valence-corrected chi connectivity index (χ2v) is 9.96. The maximum Gasteiger partial charge on any atom is 0.251 e. The molecule has 1 rings (SSSR count). The fraction of sp³-hybridized carbons (Fsp3) is 0.640. The van der Waals surface area contributed by atoms with Crippen molar-refractivity contribution >= 4 is 17.7 Å². The lowest BCUT2D eigenvalue weighted by Crippen LogP contribution is -2.55. The molecule has 0 bridgehead atoms. The number of hydrogen-bond donors (Lipinski definition) is 3. The summed E-state index contributed by atoms with van der Waals surface area (Å²) < 4.78 is 0. The third kappa shape index (κ3) is 9.53. The SMILES string of the molecule is CCCC[C@H](NC(=O)c1ccc(C)c(C)c1)C(=O)NC(CC(C)(C)C)C(=O)NC(C)C. The lowest BCUT2D eigenvalue weighted by Gasteiger charge is -2.28. The molecule has 0 spiro atoms. The number of aryl methyl sites for hydroxylation is 2. The van der Waals surface area contributed by atoms with Gasteiger partial charge in [0.2, 0.25) is 11.8 Å². The van der Waals surface area contributed by atoms with E-state index in [0.29, 0.717) is 18.4 Å². The quantitative estimate of drug-likeness (QED) is 0.522. The van der Waals surface area contributed by atoms with Crippen LogP contribution >= 0.6 is 0 Å². The minimum absolute atomic E-state index is 0.0211. The van der Waals surface area contributed by atoms with E-state index in [9.17, 15) is 14.4 Å². The van der Waals surface area contributed by atoms with E-state index in [1.165, 1.54) is 0 Å². The zero-order chi connectivity index (χ0) is 23.8. The van der Waals surface area contributed by atoms with Gasteiger partial charge in [-0.1, -0.05) is 46.6 Å². The molecule has 6 nitrogen and oxygen atoms in total. The Bertz CT molecular complexity index is 766. The zero-order valence-corrected chi connectivity index (χ0v) is 20.5. The summed E-state index contributed by atoms with van der Waals surface area (Å²) in [5.41, 5.74) is 2.52. The zero-order valence-electron chi connectivity index (χ0n) is 20.5. The van der Waals surface area contributed by atoms with Gasteiger partial charge in [0.05, 0.1) is 0 Å². The molecule has 0 aliphatic heterocycles. The summed E-state index contributed by atoms with van der Waals surface area (Å²) in [5.74, 6) is -0.801. The lowest BCUT2D eigenvalue weighted by molar-refractivity contribution is -0.131. The Balaban J connectivity index is 3.00. The van der Waals surface area contributed by atoms with Gasteiger partial charge in [-0.25, -0.2) is 0 Å². The minimum Gasteiger partial charge on any atom is -0.352 e. The third-order valence-corrected chi connectivity index (χ3v) is 5.12. The molecule has 0 fully saturated rings. The largest absolute Gasteiger partial charge is 0.352 e. The van der Waals surface area contributed by atoms with Gasteiger partial charge in [0.25, 0.3) is 5.91 Å². The van der Waals surface area contributed by atoms with Crippen LogP contribution in [0.25, 0.3) is 0 Å². The molecule has 174 valence electrons. The van der Waals surface area contributed by atoms with E-state index in [2.05, 4.69) is 16.0 Å². The van der Waals surface area contributed by atoms with Gasteiger partial charge in [0.15, 0.2) is 0 Å². The Morgan fingerprint density at radius 3 is 2.03 bits per heavy atom. The van der Waals surface area contributed by atoms with Gasteiger partial charge in [-0.2, -0.15) is 0 Å². The van der Waals surface area contributed by atoms with Gasteiger partial charge < -0.3 is 16.0 Å². The molecule has 2 atom stereocenters. The van der Waals surface area contributed by atoms with Crippen molar-refractivity contribution in [2.24, 2.45) is 5.41 Å². The van der Waals surface area contributed by atoms with Crippen molar-refractivity contribution in [2.75, 3.05) is 0 Å². The molecule has 3 amide bonds. The Morgan fingerprint density at radius 2 is 1.52 bits per heavy atom. The Labute approximate surface area is 187 Å². The summed E-state index contributed by atoms with van der Waals surface area (Å²) in [6, 6.07) is 4.14. The van der Waals surface area contributed by atoms with E-state index in [1.54, 1.807) is 6.07 Å². The molecule has 0 aliphatic carbocycles. The number of unbranched alkanes of at least 4 members (excludes halogenated alkanes) is 1. The predicted molar refractivity (Wildman–Crippen MR) is 126 cm³/mol. The summed E-state index contributed by atoms with van der Waals surface area (Å²) >= 11 is 0. The van der Waals surface area contributed by atoms with Crippen molar-refractivity contribution < 1.29 is 14.4 Å². The van der Waals surface area contributed by atoms with Gasteiger partial charge in [-0.05, 0) is 69.2 Å². The highest BCUT2D eigenvalue weighted by atomic mass is 16.2. The van der Waals surface area contributed by atoms with Crippen LogP contribution in [-0.2, 0) is 9.59 Å². The Kier molecular flexibility index (Phi) is 10.2. The van der Waals surface area contributed by atoms with Crippen molar-refractivity contribution in [3.05, 3.63) is 34.9 Å². The van der Waals surface area contributed by atoms with Crippen LogP contribution in [-0.4, -0.2) is 35.8 Å². The number of amides is 3. The third-order valence-electron chi connectivity index (χ3n) is 5.12. The van der Waals surface area contributed by atoms with Crippen LogP contribution in [0.2, 0.25) is 0 Å². The molecule has 1 aromatic carbocycles. The van der Waals surface area contributed by atoms with Crippen molar-refractivity contribution in [1.82, 2.24) is 16.0 Å². The maximum atomic E-state index is 13.1. The number of nitrogens with one attached hydrogen (secondary N) is 3. The van der Waals surface area contributed by atoms with Crippen molar-refractivity contribution in [1.29, 1.82) is 0 Å².